The Morgan fingerprint density at radius 3 is 0.982 bits per heavy atom. The van der Waals surface area contributed by atoms with Gasteiger partial charge in [-0.05, 0) is 316 Å². The van der Waals surface area contributed by atoms with Gasteiger partial charge in [-0.1, -0.05) is 243 Å². The largest absolute Gasteiger partial charge is 0.311 e. The van der Waals surface area contributed by atoms with E-state index in [-0.39, 0.29) is 10.8 Å². The minimum atomic E-state index is 0.204. The first-order chi connectivity index (χ1) is 56.4. The maximum absolute atomic E-state index is 2.54. The van der Waals surface area contributed by atoms with Gasteiger partial charge in [0.05, 0.1) is 11.0 Å². The van der Waals surface area contributed by atoms with Crippen LogP contribution in [0.1, 0.15) is 86.5 Å². The smallest absolute Gasteiger partial charge is 0.0541 e. The van der Waals surface area contributed by atoms with Gasteiger partial charge in [0.1, 0.15) is 0 Å². The van der Waals surface area contributed by atoms with Crippen molar-refractivity contribution in [2.45, 2.75) is 75.0 Å². The van der Waals surface area contributed by atoms with Crippen LogP contribution >= 0.6 is 11.3 Å². The van der Waals surface area contributed by atoms with Crippen LogP contribution < -0.4 is 9.80 Å². The Bertz CT molecular complexity index is 6500. The van der Waals surface area contributed by atoms with Crippen molar-refractivity contribution in [2.75, 3.05) is 9.80 Å². The van der Waals surface area contributed by atoms with Crippen molar-refractivity contribution in [1.29, 1.82) is 0 Å². The molecule has 0 radical (unpaired) electrons. The van der Waals surface area contributed by atoms with E-state index in [2.05, 4.69) is 372 Å². The normalized spacial score (nSPS) is 22.6. The van der Waals surface area contributed by atoms with E-state index >= 15 is 0 Å². The Labute approximate surface area is 672 Å². The highest BCUT2D eigenvalue weighted by Crippen LogP contribution is 2.71. The molecule has 2 aromatic heterocycles. The second kappa shape index (κ2) is 26.2. The second-order valence-corrected chi connectivity index (χ2v) is 35.8. The van der Waals surface area contributed by atoms with Crippen LogP contribution in [0.25, 0.3) is 114 Å². The van der Waals surface area contributed by atoms with Gasteiger partial charge in [-0.15, -0.1) is 11.3 Å². The quantitative estimate of drug-likeness (QED) is 0.128. The van der Waals surface area contributed by atoms with Crippen LogP contribution in [-0.2, 0) is 10.8 Å². The molecule has 8 fully saturated rings. The first-order valence-corrected chi connectivity index (χ1v) is 42.8. The Kier molecular flexibility index (Phi) is 15.3. The molecule has 10 aliphatic rings. The van der Waals surface area contributed by atoms with Crippen LogP contribution in [0.15, 0.2) is 358 Å². The lowest BCUT2D eigenvalue weighted by atomic mass is 9.43. The Balaban J connectivity index is 0.000000132. The molecule has 548 valence electrons. The standard InChI is InChI=1S/C58H46N2.C52H41NS/c1-2-10-40(11-3-1)41-18-23-46(24-19-41)59(48-27-29-49(30-28-48)60-56-16-8-5-13-51(56)52-14-6-9-17-57(52)60)47-25-20-42(21-26-47)43-22-31-55-53(37-43)50-12-4-7-15-54(50)58(55)44-33-38-32-39(35-44)36-45(58)34-38;1-2-8-35(9-3-1)36-14-19-41(20-15-36)53(43-23-24-46-45-11-5-7-13-50(45)54-51(46)32-43)42-21-16-37(17-22-42)38-18-25-49-47(31-38)44-10-4-6-12-48(44)52(49)39-27-33-26-34(29-39)30-40(52)28-33/h1-31,37-39,44-45H,32-36H2;1-25,31-34,39-40H,26-30H2. The van der Waals surface area contributed by atoms with Crippen molar-refractivity contribution in [2.24, 2.45) is 47.3 Å². The molecule has 0 saturated heterocycles. The van der Waals surface area contributed by atoms with Gasteiger partial charge >= 0.3 is 0 Å². The zero-order valence-electron chi connectivity index (χ0n) is 64.0. The molecule has 0 N–H and O–H groups in total. The Hall–Kier alpha value is -12.1. The van der Waals surface area contributed by atoms with Gasteiger partial charge in [-0.3, -0.25) is 0 Å². The molecule has 2 heterocycles. The summed E-state index contributed by atoms with van der Waals surface area (Å²) in [6, 6.07) is 134. The third kappa shape index (κ3) is 10.3. The van der Waals surface area contributed by atoms with Crippen LogP contribution in [0.3, 0.4) is 0 Å². The monoisotopic (exact) mass is 1480 g/mol. The highest BCUT2D eigenvalue weighted by atomic mass is 32.1. The van der Waals surface area contributed by atoms with Crippen LogP contribution in [0, 0.1) is 47.3 Å². The molecule has 8 bridgehead atoms. The van der Waals surface area contributed by atoms with Gasteiger partial charge in [0.2, 0.25) is 0 Å². The molecule has 2 spiro atoms. The highest BCUT2D eigenvalue weighted by Gasteiger charge is 2.63. The number of nitrogens with zero attached hydrogens (tertiary/aromatic N) is 3. The maximum Gasteiger partial charge on any atom is 0.0541 e. The van der Waals surface area contributed by atoms with Gasteiger partial charge in [0, 0.05) is 81.6 Å². The average molecular weight is 1480 g/mol. The summed E-state index contributed by atoms with van der Waals surface area (Å²) in [5, 5.41) is 5.20. The number of thiophene rings is 1. The fourth-order valence-electron chi connectivity index (χ4n) is 24.8. The van der Waals surface area contributed by atoms with Gasteiger partial charge in [-0.25, -0.2) is 0 Å². The molecule has 0 aliphatic heterocycles. The molecule has 27 rings (SSSR count). The van der Waals surface area contributed by atoms with E-state index in [9.17, 15) is 0 Å². The van der Waals surface area contributed by atoms with Crippen molar-refractivity contribution in [1.82, 2.24) is 4.57 Å². The van der Waals surface area contributed by atoms with Crippen molar-refractivity contribution in [3.63, 3.8) is 0 Å². The molecular weight excluding hydrogens is 1400 g/mol. The molecule has 0 unspecified atom stereocenters. The SMILES string of the molecule is c1ccc(-c2ccc(N(c3ccc(-c4ccc5c(c4)-c4ccccc4C54C5CC6CC(C5)CC4C6)cc3)c3ccc(-n4c5ccccc5c5ccccc54)cc3)cc2)cc1.c1ccc(-c2ccc(N(c3ccc(-c4ccc5c(c4)-c4ccccc4C54C5CC6CC(C5)CC4C6)cc3)c3ccc4c(c3)sc3ccccc34)cc2)cc1. The summed E-state index contributed by atoms with van der Waals surface area (Å²) in [5.74, 6) is 6.97. The van der Waals surface area contributed by atoms with Gasteiger partial charge < -0.3 is 14.4 Å². The van der Waals surface area contributed by atoms with E-state index in [4.69, 9.17) is 0 Å². The van der Waals surface area contributed by atoms with Gasteiger partial charge in [0.15, 0.2) is 0 Å². The molecule has 3 nitrogen and oxygen atoms in total. The molecule has 10 aliphatic carbocycles. The molecule has 17 aromatic rings. The van der Waals surface area contributed by atoms with Crippen molar-refractivity contribution in [3.8, 4) is 72.4 Å². The topological polar surface area (TPSA) is 11.4 Å². The molecular formula is C110H87N3S. The lowest BCUT2D eigenvalue weighted by molar-refractivity contribution is -0.0399. The van der Waals surface area contributed by atoms with Crippen LogP contribution in [0.2, 0.25) is 0 Å². The third-order valence-corrected chi connectivity index (χ3v) is 30.2. The zero-order chi connectivity index (χ0) is 74.7. The van der Waals surface area contributed by atoms with E-state index in [0.29, 0.717) is 0 Å². The van der Waals surface area contributed by atoms with E-state index < -0.39 is 0 Å². The summed E-state index contributed by atoms with van der Waals surface area (Å²) >= 11 is 1.88. The lowest BCUT2D eigenvalue weighted by Crippen LogP contribution is -2.55. The van der Waals surface area contributed by atoms with Crippen LogP contribution in [0.5, 0.6) is 0 Å². The number of hydrogen-bond acceptors (Lipinski definition) is 3. The van der Waals surface area contributed by atoms with Crippen molar-refractivity contribution < 1.29 is 0 Å². The molecule has 4 heteroatoms. The number of aromatic nitrogens is 1. The van der Waals surface area contributed by atoms with Gasteiger partial charge in [0.25, 0.3) is 0 Å². The number of benzene rings is 15. The van der Waals surface area contributed by atoms with Crippen molar-refractivity contribution in [3.05, 3.63) is 380 Å². The van der Waals surface area contributed by atoms with Crippen molar-refractivity contribution >= 4 is 87.4 Å². The number of anilines is 6. The average Bonchev–Trinajstić information content (AvgIpc) is 1.50. The minimum absolute atomic E-state index is 0.204. The Morgan fingerprint density at radius 2 is 0.544 bits per heavy atom. The summed E-state index contributed by atoms with van der Waals surface area (Å²) in [6.45, 7) is 0. The number of fused-ring (bicyclic) bond motifs is 12. The number of rotatable bonds is 11. The predicted molar refractivity (Wildman–Crippen MR) is 478 cm³/mol. The number of para-hydroxylation sites is 2. The lowest BCUT2D eigenvalue weighted by Gasteiger charge is -2.61. The molecule has 0 amide bonds. The summed E-state index contributed by atoms with van der Waals surface area (Å²) in [4.78, 5) is 4.81. The minimum Gasteiger partial charge on any atom is -0.311 e. The van der Waals surface area contributed by atoms with Crippen LogP contribution in [-0.4, -0.2) is 4.57 Å². The van der Waals surface area contributed by atoms with Crippen LogP contribution in [0.4, 0.5) is 34.1 Å². The summed E-state index contributed by atoms with van der Waals surface area (Å²) in [5.41, 5.74) is 33.3. The molecule has 15 aromatic carbocycles. The van der Waals surface area contributed by atoms with E-state index in [1.54, 1.807) is 22.3 Å². The fraction of sp³-hybridized carbons (Fsp3) is 0.182. The number of hydrogen-bond donors (Lipinski definition) is 0. The highest BCUT2D eigenvalue weighted by molar-refractivity contribution is 7.25. The molecule has 0 atom stereocenters. The van der Waals surface area contributed by atoms with E-state index in [0.717, 1.165) is 81.5 Å². The predicted octanol–water partition coefficient (Wildman–Crippen LogP) is 29.9. The Morgan fingerprint density at radius 1 is 0.228 bits per heavy atom. The first kappa shape index (κ1) is 66.5. The van der Waals surface area contributed by atoms with E-state index in [1.807, 2.05) is 11.3 Å². The first-order valence-electron chi connectivity index (χ1n) is 42.0. The van der Waals surface area contributed by atoms with E-state index in [1.165, 1.54) is 179 Å². The second-order valence-electron chi connectivity index (χ2n) is 34.7. The third-order valence-electron chi connectivity index (χ3n) is 29.1. The molecule has 8 saturated carbocycles. The summed E-state index contributed by atoms with van der Waals surface area (Å²) in [6.07, 6.45) is 14.3. The van der Waals surface area contributed by atoms with Gasteiger partial charge in [-0.2, -0.15) is 0 Å². The molecule has 114 heavy (non-hydrogen) atoms. The maximum atomic E-state index is 2.54. The fourth-order valence-corrected chi connectivity index (χ4v) is 26.0. The summed E-state index contributed by atoms with van der Waals surface area (Å²) in [7, 11) is 0. The zero-order valence-corrected chi connectivity index (χ0v) is 64.8. The summed E-state index contributed by atoms with van der Waals surface area (Å²) < 4.78 is 5.04.